The molecule has 0 N–H and O–H groups in total. The molecule has 1 fully saturated rings. The lowest BCUT2D eigenvalue weighted by molar-refractivity contribution is -0.153. The van der Waals surface area contributed by atoms with Crippen LogP contribution >= 0.6 is 0 Å². The van der Waals surface area contributed by atoms with Crippen molar-refractivity contribution in [2.75, 3.05) is 23.0 Å². The highest BCUT2D eigenvalue weighted by atomic mass is 19.4. The van der Waals surface area contributed by atoms with Crippen LogP contribution in [0.5, 0.6) is 0 Å². The largest absolute Gasteiger partial charge is 0.447 e. The smallest absolute Gasteiger partial charge is 0.408 e. The first-order valence-electron chi connectivity index (χ1n) is 9.45. The Labute approximate surface area is 164 Å². The molecule has 2 aliphatic rings. The Morgan fingerprint density at radius 1 is 1.24 bits per heavy atom. The number of hydrogen-bond acceptors (Lipinski definition) is 7. The van der Waals surface area contributed by atoms with Crippen molar-refractivity contribution in [2.45, 2.75) is 57.7 Å². The molecule has 8 nitrogen and oxygen atoms in total. The fourth-order valence-corrected chi connectivity index (χ4v) is 4.04. The van der Waals surface area contributed by atoms with Crippen LogP contribution in [0.1, 0.15) is 26.2 Å². The van der Waals surface area contributed by atoms with E-state index in [1.807, 2.05) is 18.7 Å². The lowest BCUT2D eigenvalue weighted by Crippen LogP contribution is -2.53. The van der Waals surface area contributed by atoms with Gasteiger partial charge >= 0.3 is 6.18 Å². The van der Waals surface area contributed by atoms with Gasteiger partial charge in [-0.2, -0.15) is 18.2 Å². The van der Waals surface area contributed by atoms with Gasteiger partial charge in [-0.1, -0.05) is 0 Å². The number of rotatable bonds is 3. The van der Waals surface area contributed by atoms with Crippen molar-refractivity contribution in [3.05, 3.63) is 34.8 Å². The zero-order chi connectivity index (χ0) is 20.8. The number of morpholine rings is 1. The molecule has 0 radical (unpaired) electrons. The lowest BCUT2D eigenvalue weighted by atomic mass is 10.1. The Morgan fingerprint density at radius 3 is 2.59 bits per heavy atom. The maximum absolute atomic E-state index is 13.8. The van der Waals surface area contributed by atoms with E-state index in [0.29, 0.717) is 19.0 Å². The molecule has 0 spiro atoms. The molecule has 2 aromatic heterocycles. The van der Waals surface area contributed by atoms with Crippen molar-refractivity contribution in [1.29, 1.82) is 0 Å². The summed E-state index contributed by atoms with van der Waals surface area (Å²) in [6.07, 6.45) is -2.06. The molecule has 4 rings (SSSR count). The molecule has 2 aromatic rings. The van der Waals surface area contributed by atoms with E-state index in [0.717, 1.165) is 4.90 Å². The first-order chi connectivity index (χ1) is 13.8. The normalized spacial score (nSPS) is 25.2. The van der Waals surface area contributed by atoms with Crippen molar-refractivity contribution >= 4 is 11.8 Å². The van der Waals surface area contributed by atoms with Crippen molar-refractivity contribution in [1.82, 2.24) is 14.5 Å². The minimum Gasteiger partial charge on any atom is -0.447 e. The van der Waals surface area contributed by atoms with Gasteiger partial charge in [0.15, 0.2) is 0 Å². The lowest BCUT2D eigenvalue weighted by Gasteiger charge is -2.42. The summed E-state index contributed by atoms with van der Waals surface area (Å²) in [5.41, 5.74) is -0.381. The van der Waals surface area contributed by atoms with Crippen LogP contribution < -0.4 is 15.4 Å². The molecular formula is C18H22F3N5O3. The SMILES string of the molecule is C[C@@H]1COC[C@@H](C)N1c1cc(=O)n2c(n1)N(Cc1ncco1)[C@H](C(F)(F)F)CC2. The summed E-state index contributed by atoms with van der Waals surface area (Å²) >= 11 is 0. The van der Waals surface area contributed by atoms with Crippen LogP contribution in [-0.2, 0) is 17.8 Å². The Kier molecular flexibility index (Phi) is 5.01. The summed E-state index contributed by atoms with van der Waals surface area (Å²) in [5, 5.41) is 0. The maximum Gasteiger partial charge on any atom is 0.408 e. The number of fused-ring (bicyclic) bond motifs is 1. The van der Waals surface area contributed by atoms with Crippen LogP contribution in [0.4, 0.5) is 24.9 Å². The van der Waals surface area contributed by atoms with E-state index >= 15 is 0 Å². The highest BCUT2D eigenvalue weighted by Gasteiger charge is 2.47. The topological polar surface area (TPSA) is 76.6 Å². The highest BCUT2D eigenvalue weighted by Crippen LogP contribution is 2.35. The molecule has 29 heavy (non-hydrogen) atoms. The predicted octanol–water partition coefficient (Wildman–Crippen LogP) is 2.19. The van der Waals surface area contributed by atoms with E-state index < -0.39 is 12.2 Å². The number of ether oxygens (including phenoxy) is 1. The first-order valence-corrected chi connectivity index (χ1v) is 9.45. The third-order valence-corrected chi connectivity index (χ3v) is 5.33. The monoisotopic (exact) mass is 413 g/mol. The van der Waals surface area contributed by atoms with E-state index in [1.54, 1.807) is 0 Å². The number of halogens is 3. The summed E-state index contributed by atoms with van der Waals surface area (Å²) in [4.78, 5) is 24.2. The van der Waals surface area contributed by atoms with Gasteiger partial charge < -0.3 is 19.0 Å². The summed E-state index contributed by atoms with van der Waals surface area (Å²) in [6, 6.07) is -0.512. The molecule has 1 saturated heterocycles. The van der Waals surface area contributed by atoms with Crippen molar-refractivity contribution < 1.29 is 22.3 Å². The van der Waals surface area contributed by atoms with Gasteiger partial charge in [0.1, 0.15) is 18.1 Å². The third kappa shape index (κ3) is 3.70. The molecule has 4 heterocycles. The van der Waals surface area contributed by atoms with Crippen LogP contribution in [0.3, 0.4) is 0 Å². The second-order valence-electron chi connectivity index (χ2n) is 7.45. The summed E-state index contributed by atoms with van der Waals surface area (Å²) in [7, 11) is 0. The molecule has 0 aromatic carbocycles. The third-order valence-electron chi connectivity index (χ3n) is 5.33. The first kappa shape index (κ1) is 19.7. The van der Waals surface area contributed by atoms with E-state index in [9.17, 15) is 18.0 Å². The molecule has 0 bridgehead atoms. The van der Waals surface area contributed by atoms with Gasteiger partial charge in [0.25, 0.3) is 5.56 Å². The fourth-order valence-electron chi connectivity index (χ4n) is 4.04. The number of hydrogen-bond donors (Lipinski definition) is 0. The maximum atomic E-state index is 13.8. The van der Waals surface area contributed by atoms with Gasteiger partial charge in [-0.15, -0.1) is 0 Å². The quantitative estimate of drug-likeness (QED) is 0.763. The zero-order valence-electron chi connectivity index (χ0n) is 16.1. The Balaban J connectivity index is 1.80. The van der Waals surface area contributed by atoms with Crippen LogP contribution in [-0.4, -0.2) is 52.1 Å². The van der Waals surface area contributed by atoms with Gasteiger partial charge in [0, 0.05) is 12.6 Å². The van der Waals surface area contributed by atoms with E-state index in [2.05, 4.69) is 9.97 Å². The second kappa shape index (κ2) is 7.36. The molecule has 158 valence electrons. The number of aromatic nitrogens is 3. The Bertz CT molecular complexity index is 904. The van der Waals surface area contributed by atoms with Crippen LogP contribution in [0.15, 0.2) is 27.7 Å². The molecule has 0 unspecified atom stereocenters. The van der Waals surface area contributed by atoms with E-state index in [4.69, 9.17) is 9.15 Å². The Morgan fingerprint density at radius 2 is 1.97 bits per heavy atom. The van der Waals surface area contributed by atoms with Gasteiger partial charge in [0.05, 0.1) is 38.0 Å². The molecule has 3 atom stereocenters. The number of alkyl halides is 3. The average molecular weight is 413 g/mol. The average Bonchev–Trinajstić information content (AvgIpc) is 3.14. The van der Waals surface area contributed by atoms with Gasteiger partial charge in [-0.3, -0.25) is 9.36 Å². The molecule has 0 saturated carbocycles. The number of anilines is 2. The molecule has 0 amide bonds. The molecule has 2 aliphatic heterocycles. The number of nitrogens with zero attached hydrogens (tertiary/aromatic N) is 5. The Hall–Kier alpha value is -2.56. The van der Waals surface area contributed by atoms with Gasteiger partial charge in [0.2, 0.25) is 11.8 Å². The standard InChI is InChI=1S/C18H22F3N5O3/c1-11-9-28-10-12(2)26(11)14-7-16(27)24-5-3-13(18(19,20)21)25(17(24)23-14)8-15-22-4-6-29-15/h4,6-7,11-13H,3,5,8-10H2,1-2H3/t11-,12-,13+/m1/s1. The van der Waals surface area contributed by atoms with Gasteiger partial charge in [-0.25, -0.2) is 4.98 Å². The van der Waals surface area contributed by atoms with E-state index in [1.165, 1.54) is 23.1 Å². The van der Waals surface area contributed by atoms with Crippen LogP contribution in [0.25, 0.3) is 0 Å². The van der Waals surface area contributed by atoms with Gasteiger partial charge in [-0.05, 0) is 20.3 Å². The molecular weight excluding hydrogens is 391 g/mol. The zero-order valence-corrected chi connectivity index (χ0v) is 16.1. The molecule has 0 aliphatic carbocycles. The summed E-state index contributed by atoms with van der Waals surface area (Å²) in [5.74, 6) is 0.454. The summed E-state index contributed by atoms with van der Waals surface area (Å²) in [6.45, 7) is 4.48. The van der Waals surface area contributed by atoms with Crippen LogP contribution in [0, 0.1) is 0 Å². The minimum atomic E-state index is -4.48. The summed E-state index contributed by atoms with van der Waals surface area (Å²) < 4.78 is 53.2. The number of oxazole rings is 1. The van der Waals surface area contributed by atoms with Crippen molar-refractivity contribution in [3.8, 4) is 0 Å². The second-order valence-corrected chi connectivity index (χ2v) is 7.45. The van der Waals surface area contributed by atoms with Crippen molar-refractivity contribution in [3.63, 3.8) is 0 Å². The predicted molar refractivity (Wildman–Crippen MR) is 97.9 cm³/mol. The van der Waals surface area contributed by atoms with Crippen LogP contribution in [0.2, 0.25) is 0 Å². The van der Waals surface area contributed by atoms with Crippen molar-refractivity contribution in [2.24, 2.45) is 0 Å². The fraction of sp³-hybridized carbons (Fsp3) is 0.611. The minimum absolute atomic E-state index is 0.0230. The van der Waals surface area contributed by atoms with E-state index in [-0.39, 0.29) is 49.0 Å². The highest BCUT2D eigenvalue weighted by molar-refractivity contribution is 5.48. The molecule has 11 heteroatoms.